The van der Waals surface area contributed by atoms with Crippen molar-refractivity contribution < 1.29 is 4.74 Å². The van der Waals surface area contributed by atoms with Crippen LogP contribution in [0.5, 0.6) is 5.75 Å². The van der Waals surface area contributed by atoms with Gasteiger partial charge in [0.1, 0.15) is 5.75 Å². The lowest BCUT2D eigenvalue weighted by Crippen LogP contribution is -2.37. The van der Waals surface area contributed by atoms with E-state index < -0.39 is 0 Å². The van der Waals surface area contributed by atoms with Gasteiger partial charge in [-0.1, -0.05) is 6.42 Å². The highest BCUT2D eigenvalue weighted by Crippen LogP contribution is 2.29. The van der Waals surface area contributed by atoms with Crippen LogP contribution >= 0.6 is 0 Å². The fourth-order valence-corrected chi connectivity index (χ4v) is 3.15. The van der Waals surface area contributed by atoms with Gasteiger partial charge >= 0.3 is 0 Å². The molecule has 19 heavy (non-hydrogen) atoms. The second-order valence-corrected chi connectivity index (χ2v) is 5.55. The Balaban J connectivity index is 2.05. The van der Waals surface area contributed by atoms with Crippen molar-refractivity contribution in [3.8, 4) is 5.75 Å². The summed E-state index contributed by atoms with van der Waals surface area (Å²) in [4.78, 5) is 6.99. The monoisotopic (exact) mass is 263 g/mol. The van der Waals surface area contributed by atoms with Crippen LogP contribution in [0, 0.1) is 12.8 Å². The normalized spacial score (nSPS) is 23.0. The van der Waals surface area contributed by atoms with E-state index in [0.29, 0.717) is 12.0 Å². The zero-order chi connectivity index (χ0) is 13.8. The van der Waals surface area contributed by atoms with E-state index in [1.807, 2.05) is 19.1 Å². The Morgan fingerprint density at radius 3 is 2.89 bits per heavy atom. The van der Waals surface area contributed by atoms with Gasteiger partial charge in [-0.15, -0.1) is 0 Å². The predicted molar refractivity (Wildman–Crippen MR) is 77.2 cm³/mol. The van der Waals surface area contributed by atoms with Gasteiger partial charge in [0.05, 0.1) is 12.8 Å². The van der Waals surface area contributed by atoms with Gasteiger partial charge in [0.25, 0.3) is 0 Å². The number of methoxy groups -OCH3 is 1. The van der Waals surface area contributed by atoms with E-state index in [-0.39, 0.29) is 0 Å². The van der Waals surface area contributed by atoms with Crippen molar-refractivity contribution in [1.82, 2.24) is 9.88 Å². The smallest absolute Gasteiger partial charge is 0.122 e. The summed E-state index contributed by atoms with van der Waals surface area (Å²) in [6, 6.07) is 4.58. The molecule has 2 N–H and O–H groups in total. The molecule has 0 bridgehead atoms. The molecule has 2 unspecified atom stereocenters. The van der Waals surface area contributed by atoms with Crippen LogP contribution < -0.4 is 10.5 Å². The van der Waals surface area contributed by atoms with Crippen LogP contribution in [0.2, 0.25) is 0 Å². The third-order valence-corrected chi connectivity index (χ3v) is 4.11. The minimum atomic E-state index is 0.596. The van der Waals surface area contributed by atoms with Crippen molar-refractivity contribution in [3.05, 3.63) is 23.5 Å². The summed E-state index contributed by atoms with van der Waals surface area (Å²) in [6.45, 7) is 3.66. The van der Waals surface area contributed by atoms with E-state index in [2.05, 4.69) is 16.9 Å². The quantitative estimate of drug-likeness (QED) is 0.882. The van der Waals surface area contributed by atoms with Gasteiger partial charge in [0.2, 0.25) is 0 Å². The number of aryl methyl sites for hydroxylation is 1. The molecule has 1 aromatic rings. The highest BCUT2D eigenvalue weighted by molar-refractivity contribution is 5.26. The molecule has 1 saturated carbocycles. The van der Waals surface area contributed by atoms with E-state index in [9.17, 15) is 0 Å². The molecule has 1 aromatic heterocycles. The van der Waals surface area contributed by atoms with Crippen LogP contribution in [0.3, 0.4) is 0 Å². The number of ether oxygens (including phenoxy) is 1. The summed E-state index contributed by atoms with van der Waals surface area (Å²) >= 11 is 0. The van der Waals surface area contributed by atoms with Crippen molar-refractivity contribution in [3.63, 3.8) is 0 Å². The molecule has 0 amide bonds. The molecular formula is C15H25N3O. The van der Waals surface area contributed by atoms with Crippen LogP contribution in [-0.2, 0) is 6.54 Å². The average molecular weight is 263 g/mol. The van der Waals surface area contributed by atoms with Crippen molar-refractivity contribution in [2.24, 2.45) is 11.7 Å². The minimum absolute atomic E-state index is 0.596. The number of nitrogens with zero attached hydrogens (tertiary/aromatic N) is 2. The Kier molecular flexibility index (Phi) is 4.77. The molecule has 1 aliphatic carbocycles. The number of aromatic nitrogens is 1. The number of nitrogens with two attached hydrogens (primary N) is 1. The molecule has 0 radical (unpaired) electrons. The molecule has 1 fully saturated rings. The summed E-state index contributed by atoms with van der Waals surface area (Å²) in [5, 5.41) is 0. The van der Waals surface area contributed by atoms with Crippen LogP contribution in [0.15, 0.2) is 12.1 Å². The zero-order valence-electron chi connectivity index (χ0n) is 12.2. The molecule has 1 heterocycles. The first kappa shape index (κ1) is 14.3. The first-order chi connectivity index (χ1) is 9.13. The third kappa shape index (κ3) is 3.45. The van der Waals surface area contributed by atoms with Crippen molar-refractivity contribution >= 4 is 0 Å². The van der Waals surface area contributed by atoms with Crippen LogP contribution in [0.4, 0.5) is 0 Å². The van der Waals surface area contributed by atoms with E-state index in [0.717, 1.165) is 30.2 Å². The average Bonchev–Trinajstić information content (AvgIpc) is 2.86. The molecule has 0 aliphatic heterocycles. The largest absolute Gasteiger partial charge is 0.497 e. The van der Waals surface area contributed by atoms with Crippen molar-refractivity contribution in [2.45, 2.75) is 38.8 Å². The van der Waals surface area contributed by atoms with Crippen LogP contribution in [-0.4, -0.2) is 36.6 Å². The first-order valence-electron chi connectivity index (χ1n) is 7.06. The Morgan fingerprint density at radius 1 is 1.42 bits per heavy atom. The summed E-state index contributed by atoms with van der Waals surface area (Å²) in [6.07, 6.45) is 3.80. The maximum absolute atomic E-state index is 5.86. The Labute approximate surface area is 116 Å². The topological polar surface area (TPSA) is 51.4 Å². The lowest BCUT2D eigenvalue weighted by Gasteiger charge is -2.28. The number of hydrogen-bond donors (Lipinski definition) is 1. The number of rotatable bonds is 5. The maximum atomic E-state index is 5.86. The second kappa shape index (κ2) is 6.35. The highest BCUT2D eigenvalue weighted by Gasteiger charge is 2.29. The molecule has 4 nitrogen and oxygen atoms in total. The third-order valence-electron chi connectivity index (χ3n) is 4.11. The van der Waals surface area contributed by atoms with Crippen LogP contribution in [0.25, 0.3) is 0 Å². The van der Waals surface area contributed by atoms with E-state index in [1.165, 1.54) is 19.3 Å². The van der Waals surface area contributed by atoms with Crippen molar-refractivity contribution in [2.75, 3.05) is 20.7 Å². The Morgan fingerprint density at radius 2 is 2.21 bits per heavy atom. The lowest BCUT2D eigenvalue weighted by atomic mass is 10.0. The van der Waals surface area contributed by atoms with Gasteiger partial charge in [-0.05, 0) is 39.3 Å². The molecule has 0 spiro atoms. The molecule has 2 rings (SSSR count). The SMILES string of the molecule is COc1cc(C)nc(CN(C)C2CCCC2CN)c1. The molecule has 0 aromatic carbocycles. The lowest BCUT2D eigenvalue weighted by molar-refractivity contribution is 0.190. The standard InChI is InChI=1S/C15H25N3O/c1-11-7-14(19-3)8-13(17-11)10-18(2)15-6-4-5-12(15)9-16/h7-8,12,15H,4-6,9-10,16H2,1-3H3. The van der Waals surface area contributed by atoms with Gasteiger partial charge in [-0.3, -0.25) is 9.88 Å². The molecule has 0 saturated heterocycles. The summed E-state index contributed by atoms with van der Waals surface area (Å²) < 4.78 is 5.31. The molecule has 1 aliphatic rings. The highest BCUT2D eigenvalue weighted by atomic mass is 16.5. The summed E-state index contributed by atoms with van der Waals surface area (Å²) in [5.41, 5.74) is 7.94. The second-order valence-electron chi connectivity index (χ2n) is 5.55. The first-order valence-corrected chi connectivity index (χ1v) is 7.06. The fourth-order valence-electron chi connectivity index (χ4n) is 3.15. The maximum Gasteiger partial charge on any atom is 0.122 e. The summed E-state index contributed by atoms with van der Waals surface area (Å²) in [5.74, 6) is 1.52. The minimum Gasteiger partial charge on any atom is -0.497 e. The number of hydrogen-bond acceptors (Lipinski definition) is 4. The van der Waals surface area contributed by atoms with Crippen LogP contribution in [0.1, 0.15) is 30.7 Å². The summed E-state index contributed by atoms with van der Waals surface area (Å²) in [7, 11) is 3.87. The Bertz CT molecular complexity index is 422. The predicted octanol–water partition coefficient (Wildman–Crippen LogP) is 1.96. The fraction of sp³-hybridized carbons (Fsp3) is 0.667. The van der Waals surface area contributed by atoms with Gasteiger partial charge in [-0.2, -0.15) is 0 Å². The molecule has 2 atom stereocenters. The van der Waals surface area contributed by atoms with Gasteiger partial charge in [0, 0.05) is 30.4 Å². The van der Waals surface area contributed by atoms with Gasteiger partial charge in [-0.25, -0.2) is 0 Å². The van der Waals surface area contributed by atoms with Gasteiger partial charge in [0.15, 0.2) is 0 Å². The number of pyridine rings is 1. The van der Waals surface area contributed by atoms with E-state index in [1.54, 1.807) is 7.11 Å². The molecule has 106 valence electrons. The van der Waals surface area contributed by atoms with E-state index >= 15 is 0 Å². The van der Waals surface area contributed by atoms with Gasteiger partial charge < -0.3 is 10.5 Å². The molecule has 4 heteroatoms. The van der Waals surface area contributed by atoms with E-state index in [4.69, 9.17) is 10.5 Å². The molecular weight excluding hydrogens is 238 g/mol. The van der Waals surface area contributed by atoms with Crippen molar-refractivity contribution in [1.29, 1.82) is 0 Å². The zero-order valence-corrected chi connectivity index (χ0v) is 12.2. The Hall–Kier alpha value is -1.13.